The fourth-order valence-corrected chi connectivity index (χ4v) is 1.92. The second-order valence-corrected chi connectivity index (χ2v) is 5.10. The van der Waals surface area contributed by atoms with Gasteiger partial charge in [0, 0.05) is 19.3 Å². The smallest absolute Gasteiger partial charge is 0.122 e. The minimum absolute atomic E-state index is 0.278. The van der Waals surface area contributed by atoms with Crippen LogP contribution in [0.2, 0.25) is 0 Å². The molecular formula is C15H22N4O2. The van der Waals surface area contributed by atoms with Crippen molar-refractivity contribution < 1.29 is 9.84 Å². The van der Waals surface area contributed by atoms with Gasteiger partial charge in [-0.25, -0.2) is 0 Å². The molecule has 0 radical (unpaired) electrons. The van der Waals surface area contributed by atoms with Crippen LogP contribution in [0.5, 0.6) is 5.75 Å². The number of nitrogens with zero attached hydrogens (tertiary/aromatic N) is 3. The first-order valence-electron chi connectivity index (χ1n) is 7.08. The minimum Gasteiger partial charge on any atom is -0.491 e. The monoisotopic (exact) mass is 290 g/mol. The molecule has 1 aromatic carbocycles. The number of aromatic nitrogens is 3. The van der Waals surface area contributed by atoms with Crippen LogP contribution in [0, 0.1) is 13.8 Å². The summed E-state index contributed by atoms with van der Waals surface area (Å²) < 4.78 is 7.41. The van der Waals surface area contributed by atoms with Crippen LogP contribution in [-0.4, -0.2) is 45.9 Å². The van der Waals surface area contributed by atoms with E-state index in [1.54, 1.807) is 10.9 Å². The molecule has 2 aromatic rings. The summed E-state index contributed by atoms with van der Waals surface area (Å²) >= 11 is 0. The van der Waals surface area contributed by atoms with E-state index in [0.29, 0.717) is 6.54 Å². The van der Waals surface area contributed by atoms with Crippen LogP contribution in [0.25, 0.3) is 0 Å². The number of aliphatic hydroxyl groups is 1. The number of hydrogen-bond acceptors (Lipinski definition) is 5. The molecule has 0 spiro atoms. The summed E-state index contributed by atoms with van der Waals surface area (Å²) in [6, 6.07) is 6.05. The van der Waals surface area contributed by atoms with E-state index >= 15 is 0 Å². The first-order valence-corrected chi connectivity index (χ1v) is 7.08. The minimum atomic E-state index is -0.541. The van der Waals surface area contributed by atoms with Gasteiger partial charge in [-0.15, -0.1) is 5.10 Å². The molecule has 1 atom stereocenters. The zero-order chi connectivity index (χ0) is 15.1. The molecule has 0 saturated carbocycles. The molecule has 1 aromatic heterocycles. The number of nitrogens with one attached hydrogen (secondary N) is 1. The highest BCUT2D eigenvalue weighted by molar-refractivity contribution is 5.35. The van der Waals surface area contributed by atoms with Gasteiger partial charge in [0.2, 0.25) is 0 Å². The topological polar surface area (TPSA) is 72.2 Å². The van der Waals surface area contributed by atoms with Crippen molar-refractivity contribution in [3.05, 3.63) is 41.7 Å². The summed E-state index contributed by atoms with van der Waals surface area (Å²) in [6.07, 6.45) is 2.91. The lowest BCUT2D eigenvalue weighted by molar-refractivity contribution is 0.106. The van der Waals surface area contributed by atoms with Gasteiger partial charge >= 0.3 is 0 Å². The Balaban J connectivity index is 1.65. The highest BCUT2D eigenvalue weighted by Gasteiger charge is 2.06. The summed E-state index contributed by atoms with van der Waals surface area (Å²) in [5.41, 5.74) is 2.22. The van der Waals surface area contributed by atoms with E-state index in [0.717, 1.165) is 30.0 Å². The molecule has 0 amide bonds. The number of benzene rings is 1. The van der Waals surface area contributed by atoms with E-state index in [-0.39, 0.29) is 6.61 Å². The Bertz CT molecular complexity index is 543. The van der Waals surface area contributed by atoms with Crippen molar-refractivity contribution in [1.82, 2.24) is 20.3 Å². The molecule has 0 aliphatic carbocycles. The van der Waals surface area contributed by atoms with Crippen LogP contribution in [0.3, 0.4) is 0 Å². The normalized spacial score (nSPS) is 12.3. The summed E-state index contributed by atoms with van der Waals surface area (Å²) in [6.45, 7) is 6.24. The van der Waals surface area contributed by atoms with E-state index in [2.05, 4.69) is 15.6 Å². The lowest BCUT2D eigenvalue weighted by atomic mass is 10.1. The maximum Gasteiger partial charge on any atom is 0.122 e. The van der Waals surface area contributed by atoms with Gasteiger partial charge in [0.05, 0.1) is 12.7 Å². The molecule has 6 heteroatoms. The molecular weight excluding hydrogens is 268 g/mol. The van der Waals surface area contributed by atoms with E-state index in [4.69, 9.17) is 4.74 Å². The second-order valence-electron chi connectivity index (χ2n) is 5.10. The van der Waals surface area contributed by atoms with Gasteiger partial charge < -0.3 is 15.2 Å². The fourth-order valence-electron chi connectivity index (χ4n) is 1.92. The Hall–Kier alpha value is -1.92. The first kappa shape index (κ1) is 15.5. The van der Waals surface area contributed by atoms with Gasteiger partial charge in [0.25, 0.3) is 0 Å². The van der Waals surface area contributed by atoms with Crippen LogP contribution in [0.15, 0.2) is 30.6 Å². The number of aliphatic hydroxyl groups excluding tert-OH is 1. The first-order chi connectivity index (χ1) is 10.1. The van der Waals surface area contributed by atoms with E-state index in [1.807, 2.05) is 38.2 Å². The van der Waals surface area contributed by atoms with Gasteiger partial charge in [-0.1, -0.05) is 17.3 Å². The van der Waals surface area contributed by atoms with Crippen LogP contribution in [0.4, 0.5) is 0 Å². The SMILES string of the molecule is Cc1ccc(C)c(OCC(O)CNCCn2ccnn2)c1. The zero-order valence-electron chi connectivity index (χ0n) is 12.5. The summed E-state index contributed by atoms with van der Waals surface area (Å²) in [7, 11) is 0. The summed E-state index contributed by atoms with van der Waals surface area (Å²) in [4.78, 5) is 0. The maximum atomic E-state index is 9.91. The zero-order valence-corrected chi connectivity index (χ0v) is 12.5. The molecule has 1 heterocycles. The van der Waals surface area contributed by atoms with Gasteiger partial charge in [-0.05, 0) is 31.0 Å². The molecule has 2 rings (SSSR count). The third kappa shape index (κ3) is 5.17. The molecule has 21 heavy (non-hydrogen) atoms. The Kier molecular flexibility index (Phi) is 5.71. The average Bonchev–Trinajstić information content (AvgIpc) is 2.98. The Labute approximate surface area is 124 Å². The molecule has 0 aliphatic rings. The number of aryl methyl sites for hydroxylation is 2. The highest BCUT2D eigenvalue weighted by Crippen LogP contribution is 2.19. The number of rotatable bonds is 8. The van der Waals surface area contributed by atoms with Gasteiger partial charge in [0.1, 0.15) is 18.5 Å². The van der Waals surface area contributed by atoms with E-state index < -0.39 is 6.10 Å². The van der Waals surface area contributed by atoms with Gasteiger partial charge in [-0.2, -0.15) is 0 Å². The van der Waals surface area contributed by atoms with Crippen molar-refractivity contribution in [3.8, 4) is 5.75 Å². The molecule has 2 N–H and O–H groups in total. The molecule has 6 nitrogen and oxygen atoms in total. The molecule has 0 aliphatic heterocycles. The lowest BCUT2D eigenvalue weighted by Crippen LogP contribution is -2.33. The van der Waals surface area contributed by atoms with Crippen molar-refractivity contribution in [3.63, 3.8) is 0 Å². The van der Waals surface area contributed by atoms with Gasteiger partial charge in [0.15, 0.2) is 0 Å². The Morgan fingerprint density at radius 2 is 2.24 bits per heavy atom. The molecule has 0 saturated heterocycles. The van der Waals surface area contributed by atoms with Crippen LogP contribution in [-0.2, 0) is 6.54 Å². The summed E-state index contributed by atoms with van der Waals surface area (Å²) in [5, 5.41) is 20.7. The molecule has 114 valence electrons. The summed E-state index contributed by atoms with van der Waals surface area (Å²) in [5.74, 6) is 0.830. The van der Waals surface area contributed by atoms with E-state index in [1.165, 1.54) is 0 Å². The Morgan fingerprint density at radius 1 is 1.38 bits per heavy atom. The van der Waals surface area contributed by atoms with Crippen LogP contribution >= 0.6 is 0 Å². The van der Waals surface area contributed by atoms with Crippen LogP contribution < -0.4 is 10.1 Å². The third-order valence-electron chi connectivity index (χ3n) is 3.14. The highest BCUT2D eigenvalue weighted by atomic mass is 16.5. The molecule has 0 bridgehead atoms. The predicted octanol–water partition coefficient (Wildman–Crippen LogP) is 0.924. The van der Waals surface area contributed by atoms with Gasteiger partial charge in [-0.3, -0.25) is 4.68 Å². The van der Waals surface area contributed by atoms with Crippen molar-refractivity contribution in [2.45, 2.75) is 26.5 Å². The van der Waals surface area contributed by atoms with Crippen LogP contribution in [0.1, 0.15) is 11.1 Å². The number of ether oxygens (including phenoxy) is 1. The van der Waals surface area contributed by atoms with E-state index in [9.17, 15) is 5.11 Å². The fraction of sp³-hybridized carbons (Fsp3) is 0.467. The number of hydrogen-bond donors (Lipinski definition) is 2. The van der Waals surface area contributed by atoms with Crippen molar-refractivity contribution in [1.29, 1.82) is 0 Å². The lowest BCUT2D eigenvalue weighted by Gasteiger charge is -2.15. The predicted molar refractivity (Wildman–Crippen MR) is 80.3 cm³/mol. The standard InChI is InChI=1S/C15H22N4O2/c1-12-3-4-13(2)15(9-12)21-11-14(20)10-16-5-7-19-8-6-17-18-19/h3-4,6,8-9,14,16,20H,5,7,10-11H2,1-2H3. The van der Waals surface area contributed by atoms with Crippen molar-refractivity contribution in [2.24, 2.45) is 0 Å². The Morgan fingerprint density at radius 3 is 3.00 bits per heavy atom. The quantitative estimate of drug-likeness (QED) is 0.708. The van der Waals surface area contributed by atoms with Crippen molar-refractivity contribution >= 4 is 0 Å². The maximum absolute atomic E-state index is 9.91. The average molecular weight is 290 g/mol. The van der Waals surface area contributed by atoms with Crippen molar-refractivity contribution in [2.75, 3.05) is 19.7 Å². The molecule has 1 unspecified atom stereocenters. The third-order valence-corrected chi connectivity index (χ3v) is 3.14. The molecule has 0 fully saturated rings. The second kappa shape index (κ2) is 7.75. The largest absolute Gasteiger partial charge is 0.491 e.